The second kappa shape index (κ2) is 6.89. The summed E-state index contributed by atoms with van der Waals surface area (Å²) in [5.74, 6) is 1.34. The Labute approximate surface area is 98.7 Å². The molecule has 1 saturated carbocycles. The molecule has 0 aliphatic heterocycles. The lowest BCUT2D eigenvalue weighted by Gasteiger charge is -2.28. The van der Waals surface area contributed by atoms with Gasteiger partial charge in [-0.2, -0.15) is 0 Å². The van der Waals surface area contributed by atoms with Crippen molar-refractivity contribution in [3.63, 3.8) is 0 Å². The number of ether oxygens (including phenoxy) is 1. The lowest BCUT2D eigenvalue weighted by molar-refractivity contribution is -0.148. The van der Waals surface area contributed by atoms with Gasteiger partial charge >= 0.3 is 5.97 Å². The van der Waals surface area contributed by atoms with Crippen LogP contribution in [0.25, 0.3) is 0 Å². The Morgan fingerprint density at radius 1 is 1.38 bits per heavy atom. The summed E-state index contributed by atoms with van der Waals surface area (Å²) in [6.07, 6.45) is 6.01. The van der Waals surface area contributed by atoms with Crippen molar-refractivity contribution in [1.82, 2.24) is 0 Å². The van der Waals surface area contributed by atoms with E-state index in [9.17, 15) is 4.79 Å². The fourth-order valence-electron chi connectivity index (χ4n) is 2.52. The molecule has 3 nitrogen and oxygen atoms in total. The van der Waals surface area contributed by atoms with E-state index in [2.05, 4.69) is 6.92 Å². The Balaban J connectivity index is 2.35. The second-order valence-electron chi connectivity index (χ2n) is 5.05. The largest absolute Gasteiger partial charge is 0.466 e. The topological polar surface area (TPSA) is 52.3 Å². The third kappa shape index (κ3) is 4.12. The summed E-state index contributed by atoms with van der Waals surface area (Å²) in [5.41, 5.74) is 5.65. The second-order valence-corrected chi connectivity index (χ2v) is 5.05. The minimum Gasteiger partial charge on any atom is -0.466 e. The average Bonchev–Trinajstić information content (AvgIpc) is 2.28. The smallest absolute Gasteiger partial charge is 0.310 e. The number of hydrogen-bond donors (Lipinski definition) is 1. The molecule has 0 aromatic rings. The lowest BCUT2D eigenvalue weighted by Crippen LogP contribution is -2.29. The molecule has 1 aliphatic rings. The third-order valence-corrected chi connectivity index (χ3v) is 3.66. The van der Waals surface area contributed by atoms with E-state index in [0.29, 0.717) is 19.1 Å². The van der Waals surface area contributed by atoms with Gasteiger partial charge in [0, 0.05) is 6.54 Å². The van der Waals surface area contributed by atoms with Crippen LogP contribution in [-0.2, 0) is 9.53 Å². The van der Waals surface area contributed by atoms with E-state index in [1.807, 2.05) is 6.92 Å². The van der Waals surface area contributed by atoms with Crippen LogP contribution in [0.5, 0.6) is 0 Å². The van der Waals surface area contributed by atoms with Gasteiger partial charge in [0.05, 0.1) is 12.5 Å². The number of carbonyl (C=O) groups excluding carboxylic acids is 1. The van der Waals surface area contributed by atoms with Crippen LogP contribution in [-0.4, -0.2) is 19.1 Å². The van der Waals surface area contributed by atoms with Crippen LogP contribution in [0.3, 0.4) is 0 Å². The fraction of sp³-hybridized carbons (Fsp3) is 0.923. The van der Waals surface area contributed by atoms with Gasteiger partial charge in [-0.05, 0) is 25.2 Å². The van der Waals surface area contributed by atoms with E-state index >= 15 is 0 Å². The molecule has 0 aromatic heterocycles. The summed E-state index contributed by atoms with van der Waals surface area (Å²) in [6, 6.07) is 0. The quantitative estimate of drug-likeness (QED) is 0.733. The van der Waals surface area contributed by atoms with E-state index in [0.717, 1.165) is 12.3 Å². The Bertz CT molecular complexity index is 210. The highest BCUT2D eigenvalue weighted by atomic mass is 16.5. The first-order valence-corrected chi connectivity index (χ1v) is 6.54. The summed E-state index contributed by atoms with van der Waals surface area (Å²) < 4.78 is 5.04. The van der Waals surface area contributed by atoms with Gasteiger partial charge in [-0.15, -0.1) is 0 Å². The van der Waals surface area contributed by atoms with E-state index in [1.165, 1.54) is 25.7 Å². The van der Waals surface area contributed by atoms with E-state index in [-0.39, 0.29) is 11.9 Å². The van der Waals surface area contributed by atoms with Gasteiger partial charge in [-0.1, -0.05) is 32.6 Å². The summed E-state index contributed by atoms with van der Waals surface area (Å²) in [5, 5.41) is 0. The van der Waals surface area contributed by atoms with Crippen molar-refractivity contribution in [3.8, 4) is 0 Å². The maximum atomic E-state index is 11.6. The lowest BCUT2D eigenvalue weighted by atomic mass is 9.79. The average molecular weight is 227 g/mol. The number of esters is 1. The summed E-state index contributed by atoms with van der Waals surface area (Å²) in [4.78, 5) is 11.6. The normalized spacial score (nSPS) is 27.4. The molecule has 1 rings (SSSR count). The van der Waals surface area contributed by atoms with Gasteiger partial charge in [0.25, 0.3) is 0 Å². The molecule has 1 aliphatic carbocycles. The number of nitrogens with two attached hydrogens (primary N) is 1. The zero-order chi connectivity index (χ0) is 12.0. The van der Waals surface area contributed by atoms with Crippen LogP contribution >= 0.6 is 0 Å². The fourth-order valence-corrected chi connectivity index (χ4v) is 2.52. The van der Waals surface area contributed by atoms with Crippen molar-refractivity contribution in [2.45, 2.75) is 46.0 Å². The van der Waals surface area contributed by atoms with Crippen LogP contribution in [0.2, 0.25) is 0 Å². The first-order chi connectivity index (χ1) is 7.67. The Morgan fingerprint density at radius 2 is 2.00 bits per heavy atom. The molecule has 0 saturated heterocycles. The summed E-state index contributed by atoms with van der Waals surface area (Å²) >= 11 is 0. The molecule has 0 radical (unpaired) electrons. The Morgan fingerprint density at radius 3 is 2.50 bits per heavy atom. The molecule has 94 valence electrons. The molecule has 1 fully saturated rings. The molecule has 0 spiro atoms. The highest BCUT2D eigenvalue weighted by Gasteiger charge is 2.25. The van der Waals surface area contributed by atoms with Crippen molar-refractivity contribution in [2.24, 2.45) is 23.5 Å². The molecule has 1 atom stereocenters. The molecule has 0 amide bonds. The van der Waals surface area contributed by atoms with E-state index in [1.54, 1.807) is 0 Å². The SMILES string of the molecule is CCOC(=O)C(CN)CC1CCC(C)CC1. The Hall–Kier alpha value is -0.570. The zero-order valence-corrected chi connectivity index (χ0v) is 10.6. The summed E-state index contributed by atoms with van der Waals surface area (Å²) in [6.45, 7) is 5.03. The van der Waals surface area contributed by atoms with Gasteiger partial charge in [0.2, 0.25) is 0 Å². The van der Waals surface area contributed by atoms with Gasteiger partial charge in [-0.3, -0.25) is 4.79 Å². The van der Waals surface area contributed by atoms with Crippen molar-refractivity contribution >= 4 is 5.97 Å². The van der Waals surface area contributed by atoms with Crippen molar-refractivity contribution < 1.29 is 9.53 Å². The van der Waals surface area contributed by atoms with Crippen LogP contribution in [0.4, 0.5) is 0 Å². The molecule has 16 heavy (non-hydrogen) atoms. The predicted octanol–water partition coefficient (Wildman–Crippen LogP) is 2.34. The van der Waals surface area contributed by atoms with Crippen molar-refractivity contribution in [1.29, 1.82) is 0 Å². The summed E-state index contributed by atoms with van der Waals surface area (Å²) in [7, 11) is 0. The highest BCUT2D eigenvalue weighted by molar-refractivity contribution is 5.72. The first kappa shape index (κ1) is 13.5. The van der Waals surface area contributed by atoms with E-state index in [4.69, 9.17) is 10.5 Å². The minimum atomic E-state index is -0.108. The molecule has 3 heteroatoms. The van der Waals surface area contributed by atoms with Gasteiger partial charge in [0.15, 0.2) is 0 Å². The van der Waals surface area contributed by atoms with Crippen LogP contribution in [0.1, 0.15) is 46.0 Å². The van der Waals surface area contributed by atoms with Crippen molar-refractivity contribution in [2.75, 3.05) is 13.2 Å². The van der Waals surface area contributed by atoms with Gasteiger partial charge < -0.3 is 10.5 Å². The molecule has 0 heterocycles. The molecular formula is C13H25NO2. The van der Waals surface area contributed by atoms with E-state index < -0.39 is 0 Å². The van der Waals surface area contributed by atoms with Crippen LogP contribution < -0.4 is 5.73 Å². The highest BCUT2D eigenvalue weighted by Crippen LogP contribution is 2.32. The molecule has 0 bridgehead atoms. The number of carbonyl (C=O) groups is 1. The standard InChI is InChI=1S/C13H25NO2/c1-3-16-13(15)12(9-14)8-11-6-4-10(2)5-7-11/h10-12H,3-9,14H2,1-2H3. The van der Waals surface area contributed by atoms with Crippen LogP contribution in [0, 0.1) is 17.8 Å². The zero-order valence-electron chi connectivity index (χ0n) is 10.6. The molecule has 2 N–H and O–H groups in total. The van der Waals surface area contributed by atoms with Crippen LogP contribution in [0.15, 0.2) is 0 Å². The maximum Gasteiger partial charge on any atom is 0.310 e. The molecular weight excluding hydrogens is 202 g/mol. The van der Waals surface area contributed by atoms with Gasteiger partial charge in [-0.25, -0.2) is 0 Å². The monoisotopic (exact) mass is 227 g/mol. The van der Waals surface area contributed by atoms with Gasteiger partial charge in [0.1, 0.15) is 0 Å². The molecule has 1 unspecified atom stereocenters. The number of rotatable bonds is 5. The predicted molar refractivity (Wildman–Crippen MR) is 64.9 cm³/mol. The Kier molecular flexibility index (Phi) is 5.81. The maximum absolute atomic E-state index is 11.6. The minimum absolute atomic E-state index is 0.0849. The first-order valence-electron chi connectivity index (χ1n) is 6.54. The third-order valence-electron chi connectivity index (χ3n) is 3.66. The molecule has 0 aromatic carbocycles. The van der Waals surface area contributed by atoms with Crippen molar-refractivity contribution in [3.05, 3.63) is 0 Å². The number of hydrogen-bond acceptors (Lipinski definition) is 3.